The van der Waals surface area contributed by atoms with E-state index in [-0.39, 0.29) is 22.7 Å². The molecule has 0 aliphatic carbocycles. The maximum Gasteiger partial charge on any atom is 0.302 e. The van der Waals surface area contributed by atoms with Gasteiger partial charge in [0.2, 0.25) is 17.5 Å². The largest absolute Gasteiger partial charge is 0.508 e. The van der Waals surface area contributed by atoms with Crippen molar-refractivity contribution in [2.24, 2.45) is 0 Å². The summed E-state index contributed by atoms with van der Waals surface area (Å²) >= 11 is 0. The Balaban J connectivity index is 1.50. The molecule has 2 aromatic carbocycles. The van der Waals surface area contributed by atoms with Gasteiger partial charge in [0.15, 0.2) is 12.1 Å². The van der Waals surface area contributed by atoms with Gasteiger partial charge >= 0.3 is 5.97 Å². The van der Waals surface area contributed by atoms with Gasteiger partial charge in [-0.2, -0.15) is 0 Å². The lowest BCUT2D eigenvalue weighted by atomic mass is 9.97. The Morgan fingerprint density at radius 2 is 1.50 bits per heavy atom. The van der Waals surface area contributed by atoms with Crippen LogP contribution in [0, 0.1) is 0 Å². The molecule has 0 radical (unpaired) electrons. The standard InChI is InChI=1S/C29H32O17/c1-10(31)41-9-17-19(35)22(38)23(39)28(44-17)45-26-20(36)16(8-30)43-29(24(26)40)46-27-21(37)18-14(34)6-13(33)7-15(18)42-25(27)11-2-4-12(32)5-3-11/h2-7,16-17,19-20,22-24,26,28-30,32-36,38-40H,8-9H2,1H3. The van der Waals surface area contributed by atoms with E-state index in [0.717, 1.165) is 19.1 Å². The normalized spacial score (nSPS) is 31.5. The van der Waals surface area contributed by atoms with Crippen LogP contribution in [0.1, 0.15) is 6.92 Å². The number of hydrogen-bond acceptors (Lipinski definition) is 17. The number of esters is 1. The predicted octanol–water partition coefficient (Wildman–Crippen LogP) is -1.85. The Hall–Kier alpha value is -4.04. The van der Waals surface area contributed by atoms with Crippen molar-refractivity contribution in [1.29, 1.82) is 0 Å². The van der Waals surface area contributed by atoms with Crippen molar-refractivity contribution >= 4 is 16.9 Å². The third-order valence-corrected chi connectivity index (χ3v) is 7.51. The highest BCUT2D eigenvalue weighted by Gasteiger charge is 2.51. The third kappa shape index (κ3) is 6.45. The van der Waals surface area contributed by atoms with Crippen molar-refractivity contribution in [2.45, 2.75) is 68.3 Å². The smallest absolute Gasteiger partial charge is 0.302 e. The molecule has 1 aromatic heterocycles. The first kappa shape index (κ1) is 33.3. The molecule has 2 aliphatic rings. The van der Waals surface area contributed by atoms with E-state index in [0.29, 0.717) is 0 Å². The van der Waals surface area contributed by atoms with Crippen LogP contribution < -0.4 is 10.2 Å². The van der Waals surface area contributed by atoms with Gasteiger partial charge in [-0.05, 0) is 24.3 Å². The second-order valence-electron chi connectivity index (χ2n) is 10.7. The molecular formula is C29H32O17. The molecule has 5 rings (SSSR count). The lowest BCUT2D eigenvalue weighted by molar-refractivity contribution is -0.353. The molecule has 0 bridgehead atoms. The van der Waals surface area contributed by atoms with E-state index in [9.17, 15) is 55.5 Å². The summed E-state index contributed by atoms with van der Waals surface area (Å²) in [5, 5.41) is 92.9. The number of benzene rings is 2. The number of phenols is 3. The minimum absolute atomic E-state index is 0.129. The summed E-state index contributed by atoms with van der Waals surface area (Å²) < 4.78 is 33.1. The van der Waals surface area contributed by atoms with Gasteiger partial charge in [-0.15, -0.1) is 0 Å². The average Bonchev–Trinajstić information content (AvgIpc) is 3.00. The van der Waals surface area contributed by atoms with Crippen LogP contribution in [0.3, 0.4) is 0 Å². The summed E-state index contributed by atoms with van der Waals surface area (Å²) in [4.78, 5) is 24.9. The highest BCUT2D eigenvalue weighted by molar-refractivity contribution is 5.88. The van der Waals surface area contributed by atoms with Crippen LogP contribution in [0.15, 0.2) is 45.6 Å². The molecule has 10 unspecified atom stereocenters. The maximum absolute atomic E-state index is 13.7. The molecule has 0 spiro atoms. The van der Waals surface area contributed by atoms with Gasteiger partial charge in [0.1, 0.15) is 83.7 Å². The first-order chi connectivity index (χ1) is 21.8. The molecule has 3 heterocycles. The van der Waals surface area contributed by atoms with Gasteiger partial charge in [-0.1, -0.05) is 0 Å². The molecule has 2 aliphatic heterocycles. The summed E-state index contributed by atoms with van der Waals surface area (Å²) in [5.74, 6) is -2.89. The fourth-order valence-electron chi connectivity index (χ4n) is 5.13. The van der Waals surface area contributed by atoms with Crippen LogP contribution in [0.5, 0.6) is 23.0 Å². The van der Waals surface area contributed by atoms with Crippen molar-refractivity contribution in [3.8, 4) is 34.3 Å². The van der Waals surface area contributed by atoms with Crippen LogP contribution in [-0.4, -0.2) is 127 Å². The summed E-state index contributed by atoms with van der Waals surface area (Å²) in [7, 11) is 0. The Morgan fingerprint density at radius 1 is 0.826 bits per heavy atom. The number of aromatic hydroxyl groups is 3. The summed E-state index contributed by atoms with van der Waals surface area (Å²) in [6.45, 7) is -0.325. The fourth-order valence-corrected chi connectivity index (χ4v) is 5.13. The quantitative estimate of drug-likeness (QED) is 0.121. The van der Waals surface area contributed by atoms with Gasteiger partial charge in [-0.25, -0.2) is 0 Å². The molecular weight excluding hydrogens is 620 g/mol. The Kier molecular flexibility index (Phi) is 9.68. The number of carbonyl (C=O) groups excluding carboxylic acids is 1. The fraction of sp³-hybridized carbons (Fsp3) is 0.448. The lowest BCUT2D eigenvalue weighted by Crippen LogP contribution is -2.65. The molecule has 17 nitrogen and oxygen atoms in total. The van der Waals surface area contributed by atoms with E-state index < -0.39 is 109 Å². The first-order valence-corrected chi connectivity index (χ1v) is 13.9. The van der Waals surface area contributed by atoms with E-state index in [4.69, 9.17) is 28.1 Å². The minimum atomic E-state index is -2.01. The molecule has 0 amide bonds. The topological polar surface area (TPSA) is 275 Å². The highest BCUT2D eigenvalue weighted by Crippen LogP contribution is 2.38. The molecule has 9 N–H and O–H groups in total. The van der Waals surface area contributed by atoms with Crippen LogP contribution >= 0.6 is 0 Å². The van der Waals surface area contributed by atoms with Gasteiger partial charge < -0.3 is 74.1 Å². The number of ether oxygens (including phenoxy) is 5. The average molecular weight is 653 g/mol. The molecule has 17 heteroatoms. The molecule has 2 fully saturated rings. The van der Waals surface area contributed by atoms with Crippen molar-refractivity contribution in [1.82, 2.24) is 0 Å². The number of fused-ring (bicyclic) bond motifs is 1. The SMILES string of the molecule is CC(=O)OCC1OC(OC2C(O)C(CO)OC(Oc3c(-c4ccc(O)cc4)oc4cc(O)cc(O)c4c3=O)C2O)C(O)C(O)C1O. The van der Waals surface area contributed by atoms with Crippen molar-refractivity contribution in [3.63, 3.8) is 0 Å². The molecule has 250 valence electrons. The van der Waals surface area contributed by atoms with E-state index in [1.807, 2.05) is 0 Å². The van der Waals surface area contributed by atoms with E-state index in [1.54, 1.807) is 0 Å². The number of aliphatic hydroxyl groups is 6. The zero-order chi connectivity index (χ0) is 33.4. The minimum Gasteiger partial charge on any atom is -0.508 e. The van der Waals surface area contributed by atoms with E-state index >= 15 is 0 Å². The number of aliphatic hydroxyl groups excluding tert-OH is 6. The van der Waals surface area contributed by atoms with Crippen LogP contribution in [0.2, 0.25) is 0 Å². The molecule has 46 heavy (non-hydrogen) atoms. The molecule has 3 aromatic rings. The van der Waals surface area contributed by atoms with Crippen LogP contribution in [0.4, 0.5) is 0 Å². The number of carbonyl (C=O) groups is 1. The summed E-state index contributed by atoms with van der Waals surface area (Å²) in [6, 6.07) is 7.19. The third-order valence-electron chi connectivity index (χ3n) is 7.51. The second kappa shape index (κ2) is 13.4. The zero-order valence-corrected chi connectivity index (χ0v) is 23.9. The number of phenolic OH excluding ortho intramolecular Hbond substituents is 3. The summed E-state index contributed by atoms with van der Waals surface area (Å²) in [5.41, 5.74) is -1.07. The molecule has 0 saturated carbocycles. The predicted molar refractivity (Wildman–Crippen MR) is 149 cm³/mol. The Morgan fingerprint density at radius 3 is 2.15 bits per heavy atom. The lowest BCUT2D eigenvalue weighted by Gasteiger charge is -2.45. The van der Waals surface area contributed by atoms with Crippen LogP contribution in [-0.2, 0) is 23.7 Å². The number of rotatable bonds is 8. The van der Waals surface area contributed by atoms with Gasteiger partial charge in [-0.3, -0.25) is 9.59 Å². The van der Waals surface area contributed by atoms with E-state index in [1.165, 1.54) is 24.3 Å². The Labute approximate surface area is 258 Å². The Bertz CT molecular complexity index is 1610. The van der Waals surface area contributed by atoms with Gasteiger partial charge in [0.05, 0.1) is 6.61 Å². The van der Waals surface area contributed by atoms with E-state index in [2.05, 4.69) is 0 Å². The van der Waals surface area contributed by atoms with Crippen molar-refractivity contribution < 1.29 is 78.9 Å². The van der Waals surface area contributed by atoms with Gasteiger partial charge in [0.25, 0.3) is 0 Å². The molecule has 10 atom stereocenters. The summed E-state index contributed by atoms with van der Waals surface area (Å²) in [6.07, 6.45) is -17.8. The second-order valence-corrected chi connectivity index (χ2v) is 10.7. The first-order valence-electron chi connectivity index (χ1n) is 13.9. The maximum atomic E-state index is 13.7. The van der Waals surface area contributed by atoms with Crippen molar-refractivity contribution in [2.75, 3.05) is 13.2 Å². The monoisotopic (exact) mass is 652 g/mol. The highest BCUT2D eigenvalue weighted by atomic mass is 16.7. The van der Waals surface area contributed by atoms with Gasteiger partial charge in [0, 0.05) is 24.6 Å². The van der Waals surface area contributed by atoms with Crippen LogP contribution in [0.25, 0.3) is 22.3 Å². The zero-order valence-electron chi connectivity index (χ0n) is 23.9. The van der Waals surface area contributed by atoms with Crippen molar-refractivity contribution in [3.05, 3.63) is 46.6 Å². The molecule has 2 saturated heterocycles. The number of hydrogen-bond donors (Lipinski definition) is 9.